The lowest BCUT2D eigenvalue weighted by Crippen LogP contribution is -2.07. The van der Waals surface area contributed by atoms with Crippen molar-refractivity contribution in [2.24, 2.45) is 0 Å². The van der Waals surface area contributed by atoms with Crippen LogP contribution in [0.3, 0.4) is 0 Å². The lowest BCUT2D eigenvalue weighted by atomic mass is 10.2. The van der Waals surface area contributed by atoms with E-state index in [1.165, 1.54) is 78.3 Å². The smallest absolute Gasteiger partial charge is 0.101 e. The van der Waals surface area contributed by atoms with E-state index < -0.39 is 0 Å². The monoisotopic (exact) mass is 992 g/mol. The second kappa shape index (κ2) is 18.4. The van der Waals surface area contributed by atoms with E-state index in [4.69, 9.17) is 0 Å². The molecule has 4 aromatic carbocycles. The molecule has 12 rings (SSSR count). The molecular weight excluding hydrogens is 957 g/mol. The van der Waals surface area contributed by atoms with Gasteiger partial charge in [-0.2, -0.15) is 0 Å². The maximum atomic E-state index is 2.34. The van der Waals surface area contributed by atoms with Gasteiger partial charge in [0.05, 0.1) is 0 Å². The summed E-state index contributed by atoms with van der Waals surface area (Å²) in [6.07, 6.45) is 0. The molecule has 0 amide bonds. The van der Waals surface area contributed by atoms with Crippen LogP contribution in [0.15, 0.2) is 218 Å². The summed E-state index contributed by atoms with van der Waals surface area (Å²) in [7, 11) is 0. The summed E-state index contributed by atoms with van der Waals surface area (Å²) < 4.78 is 0. The molecule has 0 aliphatic rings. The summed E-state index contributed by atoms with van der Waals surface area (Å²) in [5.74, 6) is 0. The van der Waals surface area contributed by atoms with E-state index in [9.17, 15) is 0 Å². The van der Waals surface area contributed by atoms with Crippen molar-refractivity contribution in [1.82, 2.24) is 0 Å². The minimum atomic E-state index is 1.16. The van der Waals surface area contributed by atoms with Gasteiger partial charge in [0.25, 0.3) is 0 Å². The Labute approximate surface area is 416 Å². The molecule has 0 aliphatic carbocycles. The fourth-order valence-electron chi connectivity index (χ4n) is 7.89. The quantitative estimate of drug-likeness (QED) is 0.114. The van der Waals surface area contributed by atoms with E-state index in [0.717, 1.165) is 22.7 Å². The van der Waals surface area contributed by atoms with Crippen molar-refractivity contribution >= 4 is 123 Å². The van der Waals surface area contributed by atoms with Gasteiger partial charge in [-0.25, -0.2) is 0 Å². The largest absolute Gasteiger partial charge is 0.302 e. The van der Waals surface area contributed by atoms with Crippen LogP contribution < -0.4 is 9.80 Å². The lowest BCUT2D eigenvalue weighted by Gasteiger charge is -2.23. The van der Waals surface area contributed by atoms with Gasteiger partial charge < -0.3 is 9.80 Å². The molecule has 8 heterocycles. The van der Waals surface area contributed by atoms with Gasteiger partial charge in [0.15, 0.2) is 0 Å². The molecule has 0 N–H and O–H groups in total. The fraction of sp³-hybridized carbons (Fsp3) is 0. The molecule has 0 spiro atoms. The summed E-state index contributed by atoms with van der Waals surface area (Å²) in [6, 6.07) is 79.0. The van der Waals surface area contributed by atoms with Gasteiger partial charge in [-0.1, -0.05) is 72.8 Å². The SMILES string of the molecule is c1ccc(N(c2ccccc2)c2ccc(-c3ccc(-c4ccc(-c5ccc(-c6ccc(-c7ccc(-c8ccc(-c9ccc(N(c%10ccccc%10)c%10ccccc%10)s9)s8)s7)s6)s5)s4)s3)s2)cc1. The van der Waals surface area contributed by atoms with Gasteiger partial charge in [0, 0.05) is 91.0 Å². The highest BCUT2D eigenvalue weighted by molar-refractivity contribution is 7.31. The zero-order valence-electron chi connectivity index (χ0n) is 34.9. The van der Waals surface area contributed by atoms with Crippen LogP contribution in [-0.4, -0.2) is 0 Å². The molecule has 0 saturated heterocycles. The van der Waals surface area contributed by atoms with Crippen molar-refractivity contribution < 1.29 is 0 Å². The second-order valence-corrected chi connectivity index (χ2v) is 23.9. The average Bonchev–Trinajstić information content (AvgIpc) is 4.21. The van der Waals surface area contributed by atoms with Gasteiger partial charge in [0.1, 0.15) is 10.0 Å². The number of hydrogen-bond donors (Lipinski definition) is 0. The Morgan fingerprint density at radius 3 is 0.530 bits per heavy atom. The van der Waals surface area contributed by atoms with Crippen LogP contribution in [0.4, 0.5) is 32.8 Å². The Hall–Kier alpha value is -5.92. The number of anilines is 6. The van der Waals surface area contributed by atoms with Crippen LogP contribution in [0.1, 0.15) is 0 Å². The molecule has 8 aromatic heterocycles. The minimum Gasteiger partial charge on any atom is -0.302 e. The zero-order valence-corrected chi connectivity index (χ0v) is 41.5. The molecule has 0 saturated carbocycles. The number of rotatable bonds is 13. The van der Waals surface area contributed by atoms with Crippen molar-refractivity contribution in [2.75, 3.05) is 9.80 Å². The summed E-state index contributed by atoms with van der Waals surface area (Å²) >= 11 is 15.0. The Morgan fingerprint density at radius 1 is 0.167 bits per heavy atom. The van der Waals surface area contributed by atoms with E-state index in [1.54, 1.807) is 0 Å². The first-order valence-corrected chi connectivity index (χ1v) is 27.8. The van der Waals surface area contributed by atoms with Gasteiger partial charge in [-0.15, -0.1) is 90.7 Å². The van der Waals surface area contributed by atoms with Gasteiger partial charge in [-0.05, 0) is 146 Å². The third-order valence-corrected chi connectivity index (χ3v) is 21.0. The normalized spacial score (nSPS) is 11.3. The van der Waals surface area contributed by atoms with Crippen molar-refractivity contribution in [1.29, 1.82) is 0 Å². The number of para-hydroxylation sites is 4. The van der Waals surface area contributed by atoms with Gasteiger partial charge >= 0.3 is 0 Å². The van der Waals surface area contributed by atoms with Crippen LogP contribution >= 0.6 is 90.7 Å². The first-order chi connectivity index (χ1) is 32.7. The number of nitrogens with zero attached hydrogens (tertiary/aromatic N) is 2. The molecular formula is C56H36N2S8. The highest BCUT2D eigenvalue weighted by atomic mass is 32.1. The molecule has 318 valence electrons. The molecule has 0 bridgehead atoms. The first kappa shape index (κ1) is 41.5. The molecule has 10 heteroatoms. The third kappa shape index (κ3) is 8.40. The van der Waals surface area contributed by atoms with E-state index in [-0.39, 0.29) is 0 Å². The van der Waals surface area contributed by atoms with Crippen molar-refractivity contribution in [3.8, 4) is 68.3 Å². The average molecular weight is 993 g/mol. The summed E-state index contributed by atoms with van der Waals surface area (Å²) in [6.45, 7) is 0. The molecule has 2 nitrogen and oxygen atoms in total. The number of hydrogen-bond acceptors (Lipinski definition) is 10. The second-order valence-electron chi connectivity index (χ2n) is 15.3. The molecule has 0 radical (unpaired) electrons. The van der Waals surface area contributed by atoms with Crippen LogP contribution in [0.5, 0.6) is 0 Å². The van der Waals surface area contributed by atoms with Crippen LogP contribution in [0, 0.1) is 0 Å². The summed E-state index contributed by atoms with van der Waals surface area (Å²) in [5.41, 5.74) is 4.64. The predicted octanol–water partition coefficient (Wildman–Crippen LogP) is 20.8. The van der Waals surface area contributed by atoms with Crippen molar-refractivity contribution in [3.05, 3.63) is 218 Å². The minimum absolute atomic E-state index is 1.16. The predicted molar refractivity (Wildman–Crippen MR) is 297 cm³/mol. The summed E-state index contributed by atoms with van der Waals surface area (Å²) in [4.78, 5) is 23.0. The highest BCUT2D eigenvalue weighted by Crippen LogP contribution is 2.50. The van der Waals surface area contributed by atoms with Crippen LogP contribution in [0.25, 0.3) is 68.3 Å². The maximum absolute atomic E-state index is 2.34. The Morgan fingerprint density at radius 2 is 0.333 bits per heavy atom. The fourth-order valence-corrected chi connectivity index (χ4v) is 16.7. The molecule has 0 unspecified atom stereocenters. The number of benzene rings is 4. The molecule has 0 fully saturated rings. The van der Waals surface area contributed by atoms with Crippen LogP contribution in [0.2, 0.25) is 0 Å². The van der Waals surface area contributed by atoms with Crippen molar-refractivity contribution in [3.63, 3.8) is 0 Å². The molecule has 12 aromatic rings. The topological polar surface area (TPSA) is 6.48 Å². The molecule has 0 atom stereocenters. The lowest BCUT2D eigenvalue weighted by molar-refractivity contribution is 1.32. The van der Waals surface area contributed by atoms with Gasteiger partial charge in [0.2, 0.25) is 0 Å². The van der Waals surface area contributed by atoms with Gasteiger partial charge in [-0.3, -0.25) is 0 Å². The Bertz CT molecular complexity index is 3190. The van der Waals surface area contributed by atoms with E-state index in [0.29, 0.717) is 0 Å². The zero-order chi connectivity index (χ0) is 43.8. The highest BCUT2D eigenvalue weighted by Gasteiger charge is 2.19. The van der Waals surface area contributed by atoms with E-state index >= 15 is 0 Å². The molecule has 66 heavy (non-hydrogen) atoms. The Kier molecular flexibility index (Phi) is 11.6. The summed E-state index contributed by atoms with van der Waals surface area (Å²) in [5, 5.41) is 2.41. The molecule has 0 aliphatic heterocycles. The maximum Gasteiger partial charge on any atom is 0.101 e. The number of thiophene rings is 8. The Balaban J connectivity index is 0.724. The van der Waals surface area contributed by atoms with E-state index in [2.05, 4.69) is 228 Å². The first-order valence-electron chi connectivity index (χ1n) is 21.3. The van der Waals surface area contributed by atoms with E-state index in [1.807, 2.05) is 90.7 Å². The third-order valence-electron chi connectivity index (χ3n) is 11.0. The van der Waals surface area contributed by atoms with Crippen molar-refractivity contribution in [2.45, 2.75) is 0 Å². The van der Waals surface area contributed by atoms with Crippen LogP contribution in [-0.2, 0) is 0 Å². The standard InChI is InChI=1S/C56H36N2S8/c1-5-13-37(14-6-1)57(38-15-7-2-8-16-38)55-35-33-53(65-55)51-31-29-49(63-51)47-27-25-45(61-47)43-23-21-41(59-43)42-22-24-44(60-42)46-26-28-48(62-46)50-30-32-52(64-50)54-34-36-56(66-54)58(39-17-9-3-10-18-39)40-19-11-4-12-20-40/h1-36H.